The molecule has 0 aliphatic heterocycles. The summed E-state index contributed by atoms with van der Waals surface area (Å²) in [6, 6.07) is 13.1. The van der Waals surface area contributed by atoms with E-state index in [1.54, 1.807) is 6.07 Å². The number of nitrogens with zero attached hydrogens (tertiary/aromatic N) is 2. The molecule has 0 saturated carbocycles. The van der Waals surface area contributed by atoms with Crippen LogP contribution in [0.4, 0.5) is 0 Å². The molecule has 4 rings (SSSR count). The second-order valence-corrected chi connectivity index (χ2v) is 11.4. The topological polar surface area (TPSA) is 107 Å². The number of carbonyl (C=O) groups is 1. The lowest BCUT2D eigenvalue weighted by molar-refractivity contribution is -0.121. The van der Waals surface area contributed by atoms with Gasteiger partial charge in [0.1, 0.15) is 0 Å². The van der Waals surface area contributed by atoms with Gasteiger partial charge in [0.25, 0.3) is 0 Å². The summed E-state index contributed by atoms with van der Waals surface area (Å²) >= 11 is 1.40. The first kappa shape index (κ1) is 23.8. The van der Waals surface area contributed by atoms with Crippen LogP contribution in [0.25, 0.3) is 11.0 Å². The summed E-state index contributed by atoms with van der Waals surface area (Å²) in [4.78, 5) is 17.8. The number of sulfonamides is 1. The predicted octanol–water partition coefficient (Wildman–Crippen LogP) is 4.16. The molecule has 9 heteroatoms. The molecule has 0 saturated heterocycles. The fourth-order valence-electron chi connectivity index (χ4n) is 4.29. The third kappa shape index (κ3) is 5.26. The molecule has 2 aromatic carbocycles. The zero-order chi connectivity index (χ0) is 23.6. The molecule has 1 aromatic heterocycles. The zero-order valence-electron chi connectivity index (χ0n) is 19.0. The van der Waals surface area contributed by atoms with Gasteiger partial charge in [0.15, 0.2) is 5.16 Å². The van der Waals surface area contributed by atoms with Gasteiger partial charge in [0.2, 0.25) is 15.9 Å². The molecule has 2 atom stereocenters. The van der Waals surface area contributed by atoms with Gasteiger partial charge >= 0.3 is 0 Å². The smallest absolute Gasteiger partial charge is 0.238 e. The molecule has 3 aromatic rings. The van der Waals surface area contributed by atoms with Crippen molar-refractivity contribution in [2.24, 2.45) is 5.14 Å². The highest BCUT2D eigenvalue weighted by molar-refractivity contribution is 8.00. The Morgan fingerprint density at radius 1 is 1.30 bits per heavy atom. The average molecular weight is 487 g/mol. The number of unbranched alkanes of at least 4 members (excludes halogenated alkanes) is 1. The lowest BCUT2D eigenvalue weighted by Gasteiger charge is -2.27. The van der Waals surface area contributed by atoms with Gasteiger partial charge in [-0.25, -0.2) is 18.5 Å². The molecular formula is C24H30N4O3S2. The molecule has 3 N–H and O–H groups in total. The van der Waals surface area contributed by atoms with Crippen LogP contribution in [0.5, 0.6) is 0 Å². The Balaban J connectivity index is 1.56. The van der Waals surface area contributed by atoms with Gasteiger partial charge in [-0.15, -0.1) is 0 Å². The molecule has 0 radical (unpaired) electrons. The molecule has 7 nitrogen and oxygen atoms in total. The van der Waals surface area contributed by atoms with Crippen LogP contribution in [-0.4, -0.2) is 29.1 Å². The van der Waals surface area contributed by atoms with Crippen LogP contribution in [0.1, 0.15) is 56.7 Å². The van der Waals surface area contributed by atoms with E-state index < -0.39 is 10.0 Å². The SMILES string of the molecule is CCCCn1c(S[C@H](C)C(=O)N[C@@H]2CCCc3ccccc32)nc2cc(S(N)(=O)=O)ccc21. The Morgan fingerprint density at radius 2 is 2.09 bits per heavy atom. The van der Waals surface area contributed by atoms with Crippen molar-refractivity contribution < 1.29 is 13.2 Å². The number of thioether (sulfide) groups is 1. The summed E-state index contributed by atoms with van der Waals surface area (Å²) in [5.74, 6) is -0.0268. The Hall–Kier alpha value is -2.36. The monoisotopic (exact) mass is 486 g/mol. The Labute approximate surface area is 199 Å². The first-order valence-corrected chi connectivity index (χ1v) is 13.8. The lowest BCUT2D eigenvalue weighted by Crippen LogP contribution is -2.36. The van der Waals surface area contributed by atoms with Crippen LogP contribution in [0, 0.1) is 0 Å². The van der Waals surface area contributed by atoms with E-state index in [2.05, 4.69) is 33.9 Å². The quantitative estimate of drug-likeness (QED) is 0.465. The summed E-state index contributed by atoms with van der Waals surface area (Å²) in [7, 11) is -3.81. The first-order valence-electron chi connectivity index (χ1n) is 11.4. The van der Waals surface area contributed by atoms with Crippen LogP contribution in [-0.2, 0) is 27.8 Å². The number of nitrogens with one attached hydrogen (secondary N) is 1. The Kier molecular flexibility index (Phi) is 7.11. The number of amides is 1. The molecular weight excluding hydrogens is 456 g/mol. The van der Waals surface area contributed by atoms with E-state index in [4.69, 9.17) is 5.14 Å². The predicted molar refractivity (Wildman–Crippen MR) is 132 cm³/mol. The van der Waals surface area contributed by atoms with Crippen molar-refractivity contribution in [3.63, 3.8) is 0 Å². The third-order valence-electron chi connectivity index (χ3n) is 6.09. The highest BCUT2D eigenvalue weighted by Crippen LogP contribution is 2.32. The number of primary sulfonamides is 1. The summed E-state index contributed by atoms with van der Waals surface area (Å²) in [5, 5.41) is 8.88. The molecule has 0 spiro atoms. The van der Waals surface area contributed by atoms with Crippen molar-refractivity contribution in [1.29, 1.82) is 0 Å². The third-order valence-corrected chi connectivity index (χ3v) is 8.09. The highest BCUT2D eigenvalue weighted by Gasteiger charge is 2.25. The maximum Gasteiger partial charge on any atom is 0.238 e. The number of imidazole rings is 1. The minimum Gasteiger partial charge on any atom is -0.348 e. The van der Waals surface area contributed by atoms with Crippen LogP contribution in [0.15, 0.2) is 52.5 Å². The van der Waals surface area contributed by atoms with Crippen molar-refractivity contribution in [2.45, 2.75) is 73.8 Å². The number of benzene rings is 2. The number of nitrogens with two attached hydrogens (primary N) is 1. The van der Waals surface area contributed by atoms with E-state index >= 15 is 0 Å². The Bertz CT molecular complexity index is 1270. The van der Waals surface area contributed by atoms with Crippen LogP contribution in [0.3, 0.4) is 0 Å². The van der Waals surface area contributed by atoms with Gasteiger partial charge in [0, 0.05) is 6.54 Å². The molecule has 1 heterocycles. The van der Waals surface area contributed by atoms with Gasteiger partial charge in [-0.05, 0) is 61.9 Å². The van der Waals surface area contributed by atoms with E-state index in [0.29, 0.717) is 10.7 Å². The lowest BCUT2D eigenvalue weighted by atomic mass is 9.88. The second-order valence-electron chi connectivity index (χ2n) is 8.51. The van der Waals surface area contributed by atoms with Crippen molar-refractivity contribution in [2.75, 3.05) is 0 Å². The Morgan fingerprint density at radius 3 is 2.85 bits per heavy atom. The highest BCUT2D eigenvalue weighted by atomic mass is 32.2. The van der Waals surface area contributed by atoms with E-state index in [-0.39, 0.29) is 22.1 Å². The second kappa shape index (κ2) is 9.87. The number of hydrogen-bond donors (Lipinski definition) is 2. The minimum absolute atomic E-state index is 0.0268. The van der Waals surface area contributed by atoms with Gasteiger partial charge in [-0.2, -0.15) is 0 Å². The van der Waals surface area contributed by atoms with Gasteiger partial charge in [-0.1, -0.05) is 49.4 Å². The van der Waals surface area contributed by atoms with Crippen molar-refractivity contribution >= 4 is 38.7 Å². The molecule has 0 bridgehead atoms. The molecule has 33 heavy (non-hydrogen) atoms. The molecule has 1 aliphatic carbocycles. The van der Waals surface area contributed by atoms with Gasteiger partial charge in [0.05, 0.1) is 27.2 Å². The molecule has 1 amide bonds. The maximum absolute atomic E-state index is 13.1. The van der Waals surface area contributed by atoms with Crippen LogP contribution < -0.4 is 10.5 Å². The average Bonchev–Trinajstić information content (AvgIpc) is 3.13. The van der Waals surface area contributed by atoms with Gasteiger partial charge < -0.3 is 9.88 Å². The number of hydrogen-bond acceptors (Lipinski definition) is 5. The van der Waals surface area contributed by atoms with Crippen molar-refractivity contribution in [3.8, 4) is 0 Å². The standard InChI is InChI=1S/C24H30N4O3S2/c1-3-4-14-28-22-13-12-18(33(25,30)31)15-21(22)27-24(28)32-16(2)23(29)26-20-11-7-9-17-8-5-6-10-19(17)20/h5-6,8,10,12-13,15-16,20H,3-4,7,9,11,14H2,1-2H3,(H,26,29)(H2,25,30,31)/t16-,20-/m1/s1. The maximum atomic E-state index is 13.1. The number of fused-ring (bicyclic) bond motifs is 2. The van der Waals surface area contributed by atoms with E-state index in [9.17, 15) is 13.2 Å². The molecule has 1 aliphatic rings. The van der Waals surface area contributed by atoms with Crippen LogP contribution >= 0.6 is 11.8 Å². The van der Waals surface area contributed by atoms with Crippen molar-refractivity contribution in [1.82, 2.24) is 14.9 Å². The normalized spacial score (nSPS) is 17.0. The summed E-state index contributed by atoms with van der Waals surface area (Å²) in [6.45, 7) is 4.74. The molecule has 176 valence electrons. The summed E-state index contributed by atoms with van der Waals surface area (Å²) in [6.07, 6.45) is 5.01. The van der Waals surface area contributed by atoms with E-state index in [0.717, 1.165) is 44.2 Å². The van der Waals surface area contributed by atoms with Gasteiger partial charge in [-0.3, -0.25) is 4.79 Å². The largest absolute Gasteiger partial charge is 0.348 e. The zero-order valence-corrected chi connectivity index (χ0v) is 20.6. The van der Waals surface area contributed by atoms with Crippen molar-refractivity contribution in [3.05, 3.63) is 53.6 Å². The first-order chi connectivity index (χ1) is 15.8. The molecule has 0 fully saturated rings. The summed E-state index contributed by atoms with van der Waals surface area (Å²) < 4.78 is 25.6. The fraction of sp³-hybridized carbons (Fsp3) is 0.417. The van der Waals surface area contributed by atoms with E-state index in [1.165, 1.54) is 35.0 Å². The minimum atomic E-state index is -3.81. The molecule has 0 unspecified atom stereocenters. The van der Waals surface area contributed by atoms with Crippen LogP contribution in [0.2, 0.25) is 0 Å². The number of aryl methyl sites for hydroxylation is 2. The number of aromatic nitrogens is 2. The summed E-state index contributed by atoms with van der Waals surface area (Å²) in [5.41, 5.74) is 3.92. The number of rotatable bonds is 8. The van der Waals surface area contributed by atoms with E-state index in [1.807, 2.05) is 19.1 Å². The fourth-order valence-corrected chi connectivity index (χ4v) is 5.78. The number of carbonyl (C=O) groups excluding carboxylic acids is 1.